The van der Waals surface area contributed by atoms with Crippen LogP contribution in [0.25, 0.3) is 0 Å². The van der Waals surface area contributed by atoms with Crippen molar-refractivity contribution in [1.29, 1.82) is 0 Å². The van der Waals surface area contributed by atoms with Crippen LogP contribution in [-0.4, -0.2) is 37.2 Å². The average Bonchev–Trinajstić information content (AvgIpc) is 2.79. The minimum Gasteiger partial charge on any atom is -0.361 e. The normalized spacial score (nSPS) is 14.0. The molecule has 0 atom stereocenters. The molecule has 0 radical (unpaired) electrons. The molecule has 1 aliphatic heterocycles. The highest BCUT2D eigenvalue weighted by atomic mass is 79.9. The first-order valence-corrected chi connectivity index (χ1v) is 13.8. The maximum Gasteiger partial charge on any atom is 0.250 e. The second-order valence-electron chi connectivity index (χ2n) is 8.72. The molecule has 0 spiro atoms. The molecule has 1 N–H and O–H groups in total. The van der Waals surface area contributed by atoms with Crippen molar-refractivity contribution in [1.82, 2.24) is 10.2 Å². The number of hydrogen-bond donors (Lipinski definition) is 1. The summed E-state index contributed by atoms with van der Waals surface area (Å²) in [5.74, 6) is -0.0120. The Morgan fingerprint density at radius 3 is 2.19 bits per heavy atom. The number of likely N-dealkylation sites (N-methyl/N-ethyl adjacent to an activating group) is 1. The minimum atomic E-state index is -0.0120. The summed E-state index contributed by atoms with van der Waals surface area (Å²) in [4.78, 5) is 14.1. The van der Waals surface area contributed by atoms with Crippen LogP contribution < -0.4 is 5.32 Å². The molecule has 32 heavy (non-hydrogen) atoms. The van der Waals surface area contributed by atoms with E-state index < -0.39 is 0 Å². The van der Waals surface area contributed by atoms with E-state index in [2.05, 4.69) is 40.3 Å². The molecule has 4 nitrogen and oxygen atoms in total. The molecule has 0 aromatic heterocycles. The molecule has 0 aliphatic carbocycles. The van der Waals surface area contributed by atoms with E-state index >= 15 is 0 Å². The van der Waals surface area contributed by atoms with Gasteiger partial charge in [-0.15, -0.1) is 0 Å². The molecule has 0 fully saturated rings. The van der Waals surface area contributed by atoms with E-state index in [1.807, 2.05) is 24.1 Å². The number of nitrogens with zero attached hydrogens (tertiary/aromatic N) is 1. The molecule has 1 heterocycles. The fourth-order valence-corrected chi connectivity index (χ4v) is 4.20. The fraction of sp³-hybridized carbons (Fsp3) is 0.741. The Morgan fingerprint density at radius 1 is 0.969 bits per heavy atom. The van der Waals surface area contributed by atoms with E-state index in [1.54, 1.807) is 0 Å². The van der Waals surface area contributed by atoms with Crippen LogP contribution in [-0.2, 0) is 9.53 Å². The minimum absolute atomic E-state index is 0.0120. The number of ether oxygens (including phenoxy) is 1. The summed E-state index contributed by atoms with van der Waals surface area (Å²) in [5, 5.41) is 2.86. The molecule has 0 aromatic rings. The molecule has 0 bridgehead atoms. The third-order valence-electron chi connectivity index (χ3n) is 5.75. The summed E-state index contributed by atoms with van der Waals surface area (Å²) in [6.07, 6.45) is 27.1. The van der Waals surface area contributed by atoms with Gasteiger partial charge in [-0.05, 0) is 45.1 Å². The molecular formula is C27H47BrN2O2. The van der Waals surface area contributed by atoms with E-state index in [-0.39, 0.29) is 5.91 Å². The van der Waals surface area contributed by atoms with Gasteiger partial charge >= 0.3 is 0 Å². The topological polar surface area (TPSA) is 41.6 Å². The van der Waals surface area contributed by atoms with Gasteiger partial charge in [0.25, 0.3) is 0 Å². The molecule has 0 saturated heterocycles. The van der Waals surface area contributed by atoms with Crippen molar-refractivity contribution in [3.63, 3.8) is 0 Å². The second kappa shape index (κ2) is 20.5. The summed E-state index contributed by atoms with van der Waals surface area (Å²) < 4.78 is 6.67. The van der Waals surface area contributed by atoms with E-state index in [0.29, 0.717) is 19.8 Å². The van der Waals surface area contributed by atoms with Crippen LogP contribution in [0.5, 0.6) is 0 Å². The van der Waals surface area contributed by atoms with Crippen molar-refractivity contribution < 1.29 is 9.53 Å². The lowest BCUT2D eigenvalue weighted by atomic mass is 10.1. The Bertz CT molecular complexity index is 572. The SMILES string of the molecule is CCCCCCCC/C=C\CCCCCCCCOCN1C=CC(Br)=C(C(=O)NCC)C1. The van der Waals surface area contributed by atoms with Crippen molar-refractivity contribution in [3.05, 3.63) is 34.5 Å². The monoisotopic (exact) mass is 510 g/mol. The first-order valence-electron chi connectivity index (χ1n) is 13.0. The van der Waals surface area contributed by atoms with Gasteiger partial charge in [0.15, 0.2) is 0 Å². The van der Waals surface area contributed by atoms with Crippen LogP contribution in [0.15, 0.2) is 34.5 Å². The van der Waals surface area contributed by atoms with Gasteiger partial charge in [-0.25, -0.2) is 0 Å². The van der Waals surface area contributed by atoms with Gasteiger partial charge in [-0.1, -0.05) is 92.8 Å². The van der Waals surface area contributed by atoms with Gasteiger partial charge in [-0.2, -0.15) is 0 Å². The Labute approximate surface area is 206 Å². The van der Waals surface area contributed by atoms with Crippen molar-refractivity contribution >= 4 is 21.8 Å². The third kappa shape index (κ3) is 14.9. The molecule has 1 aliphatic rings. The van der Waals surface area contributed by atoms with Crippen molar-refractivity contribution in [2.45, 2.75) is 104 Å². The molecule has 0 saturated carbocycles. The number of nitrogens with one attached hydrogen (secondary N) is 1. The number of amides is 1. The largest absolute Gasteiger partial charge is 0.361 e. The van der Waals surface area contributed by atoms with Gasteiger partial charge in [0.2, 0.25) is 5.91 Å². The Hall–Kier alpha value is -1.07. The van der Waals surface area contributed by atoms with Gasteiger partial charge in [0.05, 0.1) is 12.1 Å². The zero-order valence-electron chi connectivity index (χ0n) is 20.7. The van der Waals surface area contributed by atoms with Crippen LogP contribution in [0.2, 0.25) is 0 Å². The highest BCUT2D eigenvalue weighted by molar-refractivity contribution is 9.12. The van der Waals surface area contributed by atoms with Crippen LogP contribution >= 0.6 is 15.9 Å². The van der Waals surface area contributed by atoms with Crippen LogP contribution in [0, 0.1) is 0 Å². The molecule has 184 valence electrons. The molecule has 1 amide bonds. The second-order valence-corrected chi connectivity index (χ2v) is 9.58. The quantitative estimate of drug-likeness (QED) is 0.135. The van der Waals surface area contributed by atoms with Crippen molar-refractivity contribution in [2.24, 2.45) is 0 Å². The standard InChI is InChI=1S/C27H47BrN2O2/c1-3-5-6-7-8-9-10-11-12-13-14-15-16-17-18-19-22-32-24-30-21-20-26(28)25(23-30)27(31)29-4-2/h11-12,20-21H,3-10,13-19,22-24H2,1-2H3,(H,29,31)/b12-11-. The van der Waals surface area contributed by atoms with Gasteiger partial charge < -0.3 is 15.0 Å². The number of halogens is 1. The predicted octanol–water partition coefficient (Wildman–Crippen LogP) is 7.61. The third-order valence-corrected chi connectivity index (χ3v) is 6.49. The molecule has 0 unspecified atom stereocenters. The lowest BCUT2D eigenvalue weighted by molar-refractivity contribution is -0.117. The van der Waals surface area contributed by atoms with Gasteiger partial charge in [-0.3, -0.25) is 4.79 Å². The number of carbonyl (C=O) groups is 1. The van der Waals surface area contributed by atoms with Crippen LogP contribution in [0.1, 0.15) is 104 Å². The summed E-state index contributed by atoms with van der Waals surface area (Å²) in [6.45, 7) is 6.74. The maximum absolute atomic E-state index is 12.1. The summed E-state index contributed by atoms with van der Waals surface area (Å²) in [7, 11) is 0. The van der Waals surface area contributed by atoms with E-state index in [0.717, 1.165) is 23.1 Å². The van der Waals surface area contributed by atoms with Gasteiger partial charge in [0.1, 0.15) is 6.73 Å². The van der Waals surface area contributed by atoms with E-state index in [1.165, 1.54) is 83.5 Å². The van der Waals surface area contributed by atoms with Gasteiger partial charge in [0, 0.05) is 23.8 Å². The molecular weight excluding hydrogens is 464 g/mol. The molecule has 1 rings (SSSR count). The highest BCUT2D eigenvalue weighted by Gasteiger charge is 2.18. The summed E-state index contributed by atoms with van der Waals surface area (Å²) in [5.41, 5.74) is 0.759. The van der Waals surface area contributed by atoms with E-state index in [4.69, 9.17) is 4.74 Å². The van der Waals surface area contributed by atoms with Crippen molar-refractivity contribution in [3.8, 4) is 0 Å². The molecule has 0 aromatic carbocycles. The Balaban J connectivity index is 1.89. The smallest absolute Gasteiger partial charge is 0.250 e. The van der Waals surface area contributed by atoms with Crippen LogP contribution in [0.4, 0.5) is 0 Å². The fourth-order valence-electron chi connectivity index (χ4n) is 3.77. The number of unbranched alkanes of at least 4 members (excludes halogenated alkanes) is 12. The summed E-state index contributed by atoms with van der Waals surface area (Å²) >= 11 is 3.47. The Kier molecular flexibility index (Phi) is 18.6. The zero-order valence-corrected chi connectivity index (χ0v) is 22.3. The Morgan fingerprint density at radius 2 is 1.56 bits per heavy atom. The number of carbonyl (C=O) groups excluding carboxylic acids is 1. The first-order chi connectivity index (χ1) is 15.7. The summed E-state index contributed by atoms with van der Waals surface area (Å²) in [6, 6.07) is 0. The first kappa shape index (κ1) is 29.0. The predicted molar refractivity (Wildman–Crippen MR) is 141 cm³/mol. The number of rotatable bonds is 20. The maximum atomic E-state index is 12.1. The number of hydrogen-bond acceptors (Lipinski definition) is 3. The van der Waals surface area contributed by atoms with Crippen molar-refractivity contribution in [2.75, 3.05) is 26.4 Å². The number of allylic oxidation sites excluding steroid dienone is 4. The highest BCUT2D eigenvalue weighted by Crippen LogP contribution is 2.20. The van der Waals surface area contributed by atoms with Crippen LogP contribution in [0.3, 0.4) is 0 Å². The lowest BCUT2D eigenvalue weighted by Gasteiger charge is -2.25. The van der Waals surface area contributed by atoms with E-state index in [9.17, 15) is 4.79 Å². The average molecular weight is 512 g/mol. The zero-order chi connectivity index (χ0) is 23.3. The lowest BCUT2D eigenvalue weighted by Crippen LogP contribution is -2.34. The molecule has 5 heteroatoms.